The van der Waals surface area contributed by atoms with Crippen LogP contribution in [0.3, 0.4) is 0 Å². The molecule has 2 rings (SSSR count). The summed E-state index contributed by atoms with van der Waals surface area (Å²) in [5.41, 5.74) is 2.15. The molecular weight excluding hydrogens is 271 g/mol. The average Bonchev–Trinajstić information content (AvgIpc) is 2.26. The van der Waals surface area contributed by atoms with Crippen LogP contribution in [-0.2, 0) is 0 Å². The molecule has 0 atom stereocenters. The van der Waals surface area contributed by atoms with Gasteiger partial charge in [-0.1, -0.05) is 12.1 Å². The van der Waals surface area contributed by atoms with Gasteiger partial charge in [0.2, 0.25) is 0 Å². The Bertz CT molecular complexity index is 494. The van der Waals surface area contributed by atoms with Crippen LogP contribution in [0.15, 0.2) is 41.1 Å². The molecule has 0 amide bonds. The molecule has 0 bridgehead atoms. The Morgan fingerprint density at radius 2 is 2.12 bits per heavy atom. The summed E-state index contributed by atoms with van der Waals surface area (Å²) in [6.45, 7) is 1.86. The molecule has 2 nitrogen and oxygen atoms in total. The lowest BCUT2D eigenvalue weighted by molar-refractivity contribution is 0.631. The first-order valence-electron chi connectivity index (χ1n) is 4.80. The summed E-state index contributed by atoms with van der Waals surface area (Å²) in [7, 11) is 0. The number of hydrogen-bond donors (Lipinski definition) is 1. The monoisotopic (exact) mass is 280 g/mol. The predicted octanol–water partition coefficient (Wildman–Crippen LogP) is 4.04. The minimum Gasteiger partial charge on any atom is -0.352 e. The molecule has 1 aromatic carbocycles. The van der Waals surface area contributed by atoms with Crippen LogP contribution in [0.5, 0.6) is 0 Å². The molecule has 0 aliphatic rings. The van der Waals surface area contributed by atoms with Crippen molar-refractivity contribution in [3.05, 3.63) is 52.5 Å². The van der Waals surface area contributed by atoms with E-state index in [1.165, 1.54) is 6.07 Å². The highest BCUT2D eigenvalue weighted by atomic mass is 79.9. The largest absolute Gasteiger partial charge is 0.352 e. The summed E-state index contributed by atoms with van der Waals surface area (Å²) >= 11 is 3.36. The summed E-state index contributed by atoms with van der Waals surface area (Å²) in [5, 5.41) is 3.05. The van der Waals surface area contributed by atoms with E-state index in [0.29, 0.717) is 5.69 Å². The van der Waals surface area contributed by atoms with Crippen molar-refractivity contribution in [2.75, 3.05) is 5.32 Å². The fourth-order valence-corrected chi connectivity index (χ4v) is 1.75. The Hall–Kier alpha value is -1.42. The first kappa shape index (κ1) is 11.1. The molecule has 0 spiro atoms. The summed E-state index contributed by atoms with van der Waals surface area (Å²) in [5.74, 6) is -0.260. The third-order valence-electron chi connectivity index (χ3n) is 2.25. The molecule has 1 aromatic heterocycles. The van der Waals surface area contributed by atoms with Crippen molar-refractivity contribution in [3.8, 4) is 0 Å². The molecule has 2 aromatic rings. The second-order valence-corrected chi connectivity index (χ2v) is 4.27. The number of halogens is 2. The molecule has 0 aliphatic heterocycles. The fraction of sp³-hybridized carbons (Fsp3) is 0.0833. The Morgan fingerprint density at radius 3 is 2.81 bits per heavy atom. The van der Waals surface area contributed by atoms with Crippen molar-refractivity contribution in [2.24, 2.45) is 0 Å². The maximum Gasteiger partial charge on any atom is 0.146 e. The van der Waals surface area contributed by atoms with E-state index >= 15 is 0 Å². The third-order valence-corrected chi connectivity index (χ3v) is 2.89. The number of nitrogens with one attached hydrogen (secondary N) is 1. The minimum atomic E-state index is -0.260. The molecule has 0 radical (unpaired) electrons. The second kappa shape index (κ2) is 4.61. The predicted molar refractivity (Wildman–Crippen MR) is 66.4 cm³/mol. The van der Waals surface area contributed by atoms with Gasteiger partial charge in [-0.05, 0) is 40.5 Å². The zero-order chi connectivity index (χ0) is 11.5. The first-order chi connectivity index (χ1) is 7.68. The van der Waals surface area contributed by atoms with E-state index in [1.54, 1.807) is 24.5 Å². The Morgan fingerprint density at radius 1 is 1.31 bits per heavy atom. The van der Waals surface area contributed by atoms with Gasteiger partial charge in [0.25, 0.3) is 0 Å². The SMILES string of the molecule is Cc1cccc(F)c1Nc1ccncc1Br. The van der Waals surface area contributed by atoms with Gasteiger partial charge in [-0.2, -0.15) is 0 Å². The minimum absolute atomic E-state index is 0.260. The number of nitrogens with zero attached hydrogens (tertiary/aromatic N) is 1. The van der Waals surface area contributed by atoms with Crippen LogP contribution in [0.1, 0.15) is 5.56 Å². The maximum absolute atomic E-state index is 13.6. The van der Waals surface area contributed by atoms with Gasteiger partial charge in [0.1, 0.15) is 5.82 Å². The number of aromatic nitrogens is 1. The van der Waals surface area contributed by atoms with Crippen LogP contribution in [0, 0.1) is 12.7 Å². The number of anilines is 2. The maximum atomic E-state index is 13.6. The van der Waals surface area contributed by atoms with Gasteiger partial charge in [-0.15, -0.1) is 0 Å². The Labute approximate surface area is 102 Å². The number of benzene rings is 1. The number of rotatable bonds is 2. The second-order valence-electron chi connectivity index (χ2n) is 3.41. The van der Waals surface area contributed by atoms with Crippen LogP contribution >= 0.6 is 15.9 Å². The van der Waals surface area contributed by atoms with Crippen LogP contribution in [-0.4, -0.2) is 4.98 Å². The fourth-order valence-electron chi connectivity index (χ4n) is 1.40. The van der Waals surface area contributed by atoms with E-state index in [-0.39, 0.29) is 5.82 Å². The van der Waals surface area contributed by atoms with E-state index in [1.807, 2.05) is 13.0 Å². The molecule has 82 valence electrons. The van der Waals surface area contributed by atoms with Gasteiger partial charge in [-0.25, -0.2) is 4.39 Å². The van der Waals surface area contributed by atoms with Gasteiger partial charge in [0.15, 0.2) is 0 Å². The highest BCUT2D eigenvalue weighted by Gasteiger charge is 2.06. The molecule has 0 unspecified atom stereocenters. The molecule has 4 heteroatoms. The first-order valence-corrected chi connectivity index (χ1v) is 5.59. The third kappa shape index (κ3) is 2.22. The van der Waals surface area contributed by atoms with Crippen molar-refractivity contribution >= 4 is 27.3 Å². The molecule has 0 aliphatic carbocycles. The van der Waals surface area contributed by atoms with E-state index in [4.69, 9.17) is 0 Å². The van der Waals surface area contributed by atoms with Gasteiger partial charge >= 0.3 is 0 Å². The number of aryl methyl sites for hydroxylation is 1. The van der Waals surface area contributed by atoms with E-state index in [0.717, 1.165) is 15.7 Å². The lowest BCUT2D eigenvalue weighted by Gasteiger charge is -2.11. The van der Waals surface area contributed by atoms with Crippen molar-refractivity contribution in [1.82, 2.24) is 4.98 Å². The number of hydrogen-bond acceptors (Lipinski definition) is 2. The molecule has 1 N–H and O–H groups in total. The van der Waals surface area contributed by atoms with Crippen LogP contribution in [0.25, 0.3) is 0 Å². The normalized spacial score (nSPS) is 10.2. The van der Waals surface area contributed by atoms with Gasteiger partial charge in [0, 0.05) is 12.4 Å². The van der Waals surface area contributed by atoms with Crippen LogP contribution in [0.4, 0.5) is 15.8 Å². The summed E-state index contributed by atoms with van der Waals surface area (Å²) in [6.07, 6.45) is 3.32. The topological polar surface area (TPSA) is 24.9 Å². The molecule has 1 heterocycles. The highest BCUT2D eigenvalue weighted by molar-refractivity contribution is 9.10. The summed E-state index contributed by atoms with van der Waals surface area (Å²) in [4.78, 5) is 3.95. The zero-order valence-electron chi connectivity index (χ0n) is 8.67. The van der Waals surface area contributed by atoms with E-state index in [9.17, 15) is 4.39 Å². The Kier molecular flexibility index (Phi) is 3.19. The van der Waals surface area contributed by atoms with Crippen LogP contribution < -0.4 is 5.32 Å². The Balaban J connectivity index is 2.38. The summed E-state index contributed by atoms with van der Waals surface area (Å²) < 4.78 is 14.4. The van der Waals surface area contributed by atoms with Crippen molar-refractivity contribution in [3.63, 3.8) is 0 Å². The number of pyridine rings is 1. The number of para-hydroxylation sites is 1. The highest BCUT2D eigenvalue weighted by Crippen LogP contribution is 2.27. The standard InChI is InChI=1S/C12H10BrFN2/c1-8-3-2-4-10(14)12(8)16-11-5-6-15-7-9(11)13/h2-7H,1H3,(H,15,16). The molecule has 0 saturated carbocycles. The van der Waals surface area contributed by atoms with E-state index in [2.05, 4.69) is 26.2 Å². The van der Waals surface area contributed by atoms with Crippen molar-refractivity contribution in [1.29, 1.82) is 0 Å². The zero-order valence-corrected chi connectivity index (χ0v) is 10.3. The molecular formula is C12H10BrFN2. The lowest BCUT2D eigenvalue weighted by Crippen LogP contribution is -1.97. The van der Waals surface area contributed by atoms with E-state index < -0.39 is 0 Å². The quantitative estimate of drug-likeness (QED) is 0.898. The molecule has 16 heavy (non-hydrogen) atoms. The summed E-state index contributed by atoms with van der Waals surface area (Å²) in [6, 6.07) is 6.78. The van der Waals surface area contributed by atoms with Crippen molar-refractivity contribution < 1.29 is 4.39 Å². The van der Waals surface area contributed by atoms with Gasteiger partial charge in [0.05, 0.1) is 15.8 Å². The lowest BCUT2D eigenvalue weighted by atomic mass is 10.2. The van der Waals surface area contributed by atoms with Gasteiger partial charge < -0.3 is 5.32 Å². The van der Waals surface area contributed by atoms with Crippen molar-refractivity contribution in [2.45, 2.75) is 6.92 Å². The van der Waals surface area contributed by atoms with Gasteiger partial charge in [-0.3, -0.25) is 4.98 Å². The molecule has 0 fully saturated rings. The average molecular weight is 281 g/mol. The molecule has 0 saturated heterocycles. The smallest absolute Gasteiger partial charge is 0.146 e. The van der Waals surface area contributed by atoms with Crippen LogP contribution in [0.2, 0.25) is 0 Å².